The van der Waals surface area contributed by atoms with Gasteiger partial charge in [0, 0.05) is 37.7 Å². The minimum atomic E-state index is -1.30. The highest BCUT2D eigenvalue weighted by Crippen LogP contribution is 2.35. The Labute approximate surface area is 120 Å². The number of hydrogen-bond donors (Lipinski definition) is 2. The van der Waals surface area contributed by atoms with Crippen LogP contribution >= 0.6 is 0 Å². The maximum Gasteiger partial charge on any atom is 0.257 e. The molecule has 0 spiro atoms. The molecular formula is C14H15FN4O2. The third-order valence-corrected chi connectivity index (χ3v) is 3.63. The first-order valence-electron chi connectivity index (χ1n) is 6.47. The van der Waals surface area contributed by atoms with Gasteiger partial charge in [0.2, 0.25) is 0 Å². The second kappa shape index (κ2) is 4.85. The minimum Gasteiger partial charge on any atom is -0.378 e. The van der Waals surface area contributed by atoms with Crippen LogP contribution in [0.3, 0.4) is 0 Å². The summed E-state index contributed by atoms with van der Waals surface area (Å²) >= 11 is 0. The summed E-state index contributed by atoms with van der Waals surface area (Å²) in [4.78, 5) is 17.3. The van der Waals surface area contributed by atoms with E-state index in [-0.39, 0.29) is 5.56 Å². The van der Waals surface area contributed by atoms with Crippen LogP contribution in [0.5, 0.6) is 0 Å². The average Bonchev–Trinajstić information content (AvgIpc) is 2.95. The number of anilines is 2. The molecule has 1 aliphatic rings. The minimum absolute atomic E-state index is 0.270. The van der Waals surface area contributed by atoms with Gasteiger partial charge in [-0.3, -0.25) is 4.79 Å². The Morgan fingerprint density at radius 2 is 2.29 bits per heavy atom. The zero-order valence-corrected chi connectivity index (χ0v) is 11.7. The number of nitrogens with one attached hydrogen (secondary N) is 1. The number of nitrogens with zero attached hydrogens (tertiary/aromatic N) is 3. The highest BCUT2D eigenvalue weighted by molar-refractivity contribution is 6.02. The molecule has 1 unspecified atom stereocenters. The van der Waals surface area contributed by atoms with E-state index in [1.807, 2.05) is 17.8 Å². The van der Waals surface area contributed by atoms with Crippen LogP contribution in [0.2, 0.25) is 0 Å². The summed E-state index contributed by atoms with van der Waals surface area (Å²) in [5.74, 6) is -0.226. The molecule has 0 radical (unpaired) electrons. The number of halogens is 1. The van der Waals surface area contributed by atoms with Crippen molar-refractivity contribution in [3.63, 3.8) is 0 Å². The van der Waals surface area contributed by atoms with Gasteiger partial charge in [0.05, 0.1) is 12.2 Å². The van der Waals surface area contributed by atoms with Gasteiger partial charge in [-0.1, -0.05) is 0 Å². The van der Waals surface area contributed by atoms with E-state index in [0.29, 0.717) is 17.9 Å². The van der Waals surface area contributed by atoms with Crippen molar-refractivity contribution in [2.75, 3.05) is 17.3 Å². The number of carbonyl (C=O) groups excluding carboxylic acids is 1. The van der Waals surface area contributed by atoms with E-state index in [9.17, 15) is 14.3 Å². The van der Waals surface area contributed by atoms with Gasteiger partial charge in [-0.25, -0.2) is 9.37 Å². The molecule has 1 atom stereocenters. The molecule has 6 nitrogen and oxygen atoms in total. The number of aryl methyl sites for hydroxylation is 1. The van der Waals surface area contributed by atoms with Crippen LogP contribution in [0, 0.1) is 5.82 Å². The number of aromatic nitrogens is 2. The number of fused-ring (bicyclic) bond motifs is 1. The van der Waals surface area contributed by atoms with E-state index in [4.69, 9.17) is 0 Å². The molecule has 1 aromatic carbocycles. The third-order valence-electron chi connectivity index (χ3n) is 3.63. The molecule has 1 aliphatic heterocycles. The van der Waals surface area contributed by atoms with Crippen molar-refractivity contribution in [3.8, 4) is 0 Å². The Bertz CT molecular complexity index is 713. The summed E-state index contributed by atoms with van der Waals surface area (Å²) in [5.41, 5.74) is 1.05. The fourth-order valence-electron chi connectivity index (χ4n) is 2.39. The van der Waals surface area contributed by atoms with Crippen molar-refractivity contribution >= 4 is 17.3 Å². The highest BCUT2D eigenvalue weighted by atomic mass is 19.1. The molecule has 0 bridgehead atoms. The van der Waals surface area contributed by atoms with Gasteiger partial charge in [0.1, 0.15) is 11.6 Å². The lowest BCUT2D eigenvalue weighted by Gasteiger charge is -2.20. The average molecular weight is 290 g/mol. The molecule has 110 valence electrons. The van der Waals surface area contributed by atoms with Crippen LogP contribution < -0.4 is 10.2 Å². The van der Waals surface area contributed by atoms with Crippen LogP contribution in [-0.2, 0) is 18.4 Å². The molecule has 3 rings (SSSR count). The van der Waals surface area contributed by atoms with Crippen LogP contribution in [0.4, 0.5) is 15.8 Å². The maximum absolute atomic E-state index is 14.2. The van der Waals surface area contributed by atoms with Crippen molar-refractivity contribution in [2.45, 2.75) is 12.6 Å². The Hall–Kier alpha value is -2.41. The number of aliphatic hydroxyl groups is 1. The van der Waals surface area contributed by atoms with E-state index in [1.165, 1.54) is 12.1 Å². The molecule has 2 aromatic rings. The molecular weight excluding hydrogens is 275 g/mol. The number of hydrogen-bond acceptors (Lipinski definition) is 4. The lowest BCUT2D eigenvalue weighted by Crippen LogP contribution is -2.20. The van der Waals surface area contributed by atoms with Crippen molar-refractivity contribution in [3.05, 3.63) is 41.7 Å². The summed E-state index contributed by atoms with van der Waals surface area (Å²) in [5, 5.41) is 12.2. The quantitative estimate of drug-likeness (QED) is 0.890. The van der Waals surface area contributed by atoms with Crippen LogP contribution in [-0.4, -0.2) is 27.6 Å². The summed E-state index contributed by atoms with van der Waals surface area (Å²) < 4.78 is 16.1. The Morgan fingerprint density at radius 3 is 2.95 bits per heavy atom. The van der Waals surface area contributed by atoms with Crippen LogP contribution in [0.1, 0.15) is 17.5 Å². The van der Waals surface area contributed by atoms with Crippen molar-refractivity contribution < 1.29 is 14.3 Å². The number of amides is 1. The maximum atomic E-state index is 14.2. The van der Waals surface area contributed by atoms with Gasteiger partial charge >= 0.3 is 0 Å². The second-order valence-corrected chi connectivity index (χ2v) is 5.09. The number of imidazole rings is 1. The zero-order chi connectivity index (χ0) is 15.1. The van der Waals surface area contributed by atoms with Gasteiger partial charge in [-0.2, -0.15) is 0 Å². The van der Waals surface area contributed by atoms with Gasteiger partial charge < -0.3 is 19.9 Å². The van der Waals surface area contributed by atoms with Gasteiger partial charge in [0.25, 0.3) is 5.91 Å². The number of rotatable bonds is 3. The number of carbonyl (C=O) groups is 1. The summed E-state index contributed by atoms with van der Waals surface area (Å²) in [6, 6.07) is 2.73. The largest absolute Gasteiger partial charge is 0.378 e. The Kier molecular flexibility index (Phi) is 3.13. The molecule has 2 heterocycles. The standard InChI is InChI=1S/C14H15FN4O2/c1-18-4-3-16-12(18)7-19(2)11-6-10-8(5-9(11)15)13(20)14(21)17-10/h3-6,13,20H,7H2,1-2H3,(H,17,21). The molecule has 0 fully saturated rings. The van der Waals surface area contributed by atoms with E-state index < -0.39 is 17.8 Å². The summed E-state index contributed by atoms with van der Waals surface area (Å²) in [6.45, 7) is 0.426. The molecule has 0 saturated heterocycles. The summed E-state index contributed by atoms with van der Waals surface area (Å²) in [7, 11) is 3.61. The lowest BCUT2D eigenvalue weighted by molar-refractivity contribution is -0.123. The van der Waals surface area contributed by atoms with E-state index in [0.717, 1.165) is 5.82 Å². The first-order valence-corrected chi connectivity index (χ1v) is 6.47. The smallest absolute Gasteiger partial charge is 0.257 e. The van der Waals surface area contributed by atoms with Crippen LogP contribution in [0.25, 0.3) is 0 Å². The SMILES string of the molecule is CN(Cc1nccn1C)c1cc2c(cc1F)C(O)C(=O)N2. The first-order chi connectivity index (χ1) is 9.97. The van der Waals surface area contributed by atoms with Gasteiger partial charge in [0.15, 0.2) is 6.10 Å². The number of benzene rings is 1. The topological polar surface area (TPSA) is 70.4 Å². The molecule has 21 heavy (non-hydrogen) atoms. The third kappa shape index (κ3) is 2.25. The Morgan fingerprint density at radius 1 is 1.52 bits per heavy atom. The molecule has 0 aliphatic carbocycles. The van der Waals surface area contributed by atoms with Crippen molar-refractivity contribution in [1.29, 1.82) is 0 Å². The fourth-order valence-corrected chi connectivity index (χ4v) is 2.39. The second-order valence-electron chi connectivity index (χ2n) is 5.09. The molecule has 1 aromatic heterocycles. The molecule has 1 amide bonds. The van der Waals surface area contributed by atoms with E-state index >= 15 is 0 Å². The Balaban J connectivity index is 1.91. The highest BCUT2D eigenvalue weighted by Gasteiger charge is 2.30. The van der Waals surface area contributed by atoms with Crippen molar-refractivity contribution in [1.82, 2.24) is 9.55 Å². The van der Waals surface area contributed by atoms with Gasteiger partial charge in [-0.05, 0) is 12.1 Å². The fraction of sp³-hybridized carbons (Fsp3) is 0.286. The predicted molar refractivity (Wildman–Crippen MR) is 75.3 cm³/mol. The predicted octanol–water partition coefficient (Wildman–Crippen LogP) is 1.18. The van der Waals surface area contributed by atoms with E-state index in [2.05, 4.69) is 10.3 Å². The molecule has 0 saturated carbocycles. The van der Waals surface area contributed by atoms with Crippen molar-refractivity contribution in [2.24, 2.45) is 7.05 Å². The monoisotopic (exact) mass is 290 g/mol. The summed E-state index contributed by atoms with van der Waals surface area (Å²) in [6.07, 6.45) is 2.20. The zero-order valence-electron chi connectivity index (χ0n) is 11.7. The molecule has 7 heteroatoms. The molecule has 2 N–H and O–H groups in total. The first kappa shape index (κ1) is 13.6. The van der Waals surface area contributed by atoms with E-state index in [1.54, 1.807) is 18.1 Å². The van der Waals surface area contributed by atoms with Gasteiger partial charge in [-0.15, -0.1) is 0 Å². The number of aliphatic hydroxyl groups excluding tert-OH is 1. The van der Waals surface area contributed by atoms with Crippen LogP contribution in [0.15, 0.2) is 24.5 Å². The normalized spacial score (nSPS) is 16.8. The lowest BCUT2D eigenvalue weighted by atomic mass is 10.1.